The lowest BCUT2D eigenvalue weighted by molar-refractivity contribution is -0.135. The molecule has 764 valence electrons. The number of carbonyl (C=O) groups is 16. The van der Waals surface area contributed by atoms with E-state index in [1.54, 1.807) is 83.8 Å². The molecule has 0 rings (SSSR count). The number of rotatable bonds is 60. The molecule has 0 aromatic carbocycles. The van der Waals surface area contributed by atoms with Crippen molar-refractivity contribution in [3.8, 4) is 0 Å². The van der Waals surface area contributed by atoms with Crippen LogP contribution in [-0.2, 0) is 76.7 Å². The Hall–Kier alpha value is -1.60. The topological polar surface area (TPSA) is 522 Å². The highest BCUT2D eigenvalue weighted by atomic mass is 32.1. The summed E-state index contributed by atoms with van der Waals surface area (Å²) in [7, 11) is 9.66. The van der Waals surface area contributed by atoms with Crippen LogP contribution in [0.25, 0.3) is 0 Å². The molecule has 0 saturated heterocycles. The molecule has 0 aliphatic rings. The third-order valence-corrected chi connectivity index (χ3v) is 29.3. The molecular formula is C82H164N16O16S16. The number of carbonyl (C=O) groups excluding carboxylic acids is 16. The second-order valence-electron chi connectivity index (χ2n) is 32.1. The van der Waals surface area contributed by atoms with E-state index in [1.165, 1.54) is 0 Å². The van der Waals surface area contributed by atoms with Crippen molar-refractivity contribution in [3.63, 3.8) is 0 Å². The molecule has 20 N–H and O–H groups in total. The monoisotopic (exact) mass is 2140 g/mol. The summed E-state index contributed by atoms with van der Waals surface area (Å²) >= 11 is 65.6. The Kier molecular flexibility index (Phi) is 87.5. The normalized spacial score (nSPS) is 16.3. The quantitative estimate of drug-likeness (QED) is 0.0389. The lowest BCUT2D eigenvalue weighted by Gasteiger charge is -2.32. The van der Waals surface area contributed by atoms with Crippen LogP contribution in [0.5, 0.6) is 0 Å². The van der Waals surface area contributed by atoms with Gasteiger partial charge in [0.05, 0.1) is 91.7 Å². The number of hydrogen-bond acceptors (Lipinski definition) is 40. The zero-order valence-corrected chi connectivity index (χ0v) is 94.1. The predicted molar refractivity (Wildman–Crippen MR) is 587 cm³/mol. The van der Waals surface area contributed by atoms with Crippen LogP contribution < -0.4 is 86.7 Å². The molecule has 16 atom stereocenters. The molecule has 0 radical (unpaired) electrons. The summed E-state index contributed by atoms with van der Waals surface area (Å²) in [6, 6.07) is -1.47. The molecule has 32 nitrogen and oxygen atoms in total. The van der Waals surface area contributed by atoms with Crippen molar-refractivity contribution in [2.75, 3.05) is 174 Å². The number of ketones is 8. The zero-order chi connectivity index (χ0) is 104. The van der Waals surface area contributed by atoms with E-state index in [1.807, 2.05) is 55.4 Å². The SMILES string of the molecule is CCNC(=O)[C@@H](CS)CC(=O)[C@@H](CS)NCC.CCNC(=O)[C@](C)(CS)CC(=O)[C@](C)(CS)NCC.CCN[C@@](C)(CS)C(=O)C[C@@](C)(CS)C(=O)NC.CCN[C@H](CS)C(=O)C[C@H](CS)C(=O)NC.CNC(=O)[C@@H](CS)CC(=O)[C@@H](CS)NC.CNC(=O)[C@](C)(CS)CC(=O)[C@](C)(CS)NC.C[C@@](CS)(CC(=O)[C@@](C)(N)CS)C(N)=O.NC(=O)[C@@H](CS)CC(=O)[C@H](N)CS. The van der Waals surface area contributed by atoms with E-state index in [2.05, 4.69) is 266 Å². The van der Waals surface area contributed by atoms with Gasteiger partial charge in [-0.05, 0) is 110 Å². The van der Waals surface area contributed by atoms with Crippen LogP contribution in [-0.4, -0.2) is 313 Å². The van der Waals surface area contributed by atoms with Crippen LogP contribution in [0.4, 0.5) is 0 Å². The van der Waals surface area contributed by atoms with Crippen molar-refractivity contribution in [1.82, 2.24) is 63.8 Å². The molecule has 0 aliphatic heterocycles. The molecule has 130 heavy (non-hydrogen) atoms. The molecule has 0 bridgehead atoms. The highest BCUT2D eigenvalue weighted by molar-refractivity contribution is 7.82. The molecule has 0 unspecified atom stereocenters. The zero-order valence-electron chi connectivity index (χ0n) is 79.8. The maximum Gasteiger partial charge on any atom is 0.227 e. The summed E-state index contributed by atoms with van der Waals surface area (Å²) in [6.07, 6.45) is 1.14. The van der Waals surface area contributed by atoms with Gasteiger partial charge in [0.1, 0.15) is 0 Å². The number of likely N-dealkylation sites (N-methyl/N-ethyl adjacent to an activating group) is 6. The molecule has 0 saturated carbocycles. The molecule has 0 heterocycles. The first kappa shape index (κ1) is 144. The highest BCUT2D eigenvalue weighted by Crippen LogP contribution is 2.31. The highest BCUT2D eigenvalue weighted by Gasteiger charge is 2.44. The van der Waals surface area contributed by atoms with Gasteiger partial charge in [0.15, 0.2) is 46.3 Å². The van der Waals surface area contributed by atoms with Crippen molar-refractivity contribution in [1.29, 1.82) is 0 Å². The fourth-order valence-corrected chi connectivity index (χ4v) is 15.0. The summed E-state index contributed by atoms with van der Waals surface area (Å²) in [5.74, 6) is 1.63. The van der Waals surface area contributed by atoms with E-state index in [9.17, 15) is 76.7 Å². The van der Waals surface area contributed by atoms with E-state index < -0.39 is 67.6 Å². The van der Waals surface area contributed by atoms with Gasteiger partial charge in [-0.25, -0.2) is 0 Å². The fourth-order valence-electron chi connectivity index (χ4n) is 10.4. The first-order valence-electron chi connectivity index (χ1n) is 42.3. The second kappa shape index (κ2) is 79.1. The lowest BCUT2D eigenvalue weighted by Crippen LogP contribution is -2.54. The Bertz CT molecular complexity index is 3360. The summed E-state index contributed by atoms with van der Waals surface area (Å²) in [5.41, 5.74) is 15.0. The molecule has 8 amide bonds. The molecule has 0 aliphatic carbocycles. The number of hydrogen-bond donors (Lipinski definition) is 32. The van der Waals surface area contributed by atoms with E-state index in [4.69, 9.17) is 22.9 Å². The van der Waals surface area contributed by atoms with E-state index in [-0.39, 0.29) is 192 Å². The summed E-state index contributed by atoms with van der Waals surface area (Å²) < 4.78 is 0. The average Bonchev–Trinajstić information content (AvgIpc) is 0.811. The van der Waals surface area contributed by atoms with Crippen molar-refractivity contribution < 1.29 is 76.7 Å². The summed E-state index contributed by atoms with van der Waals surface area (Å²) in [6.45, 7) is 29.2. The standard InChI is InChI=1S/C13H26N2O2S2.C12H24N2O2S2.2C11H22N2O2S2.C10H20N2O2S2.2C9H18N2O2S2.C7H14N2O2S2/c1-5-14-11(17)12(3,8-18)7-10(16)13(4,9-19)15-6-2;1-5-14-12(3,8-18)9(15)6-11(2,7-17)10(16)13-4;1-10(6-16,9(15)12-3)5-8(14)11(2,7-17)13-4;1-3-12-9(7-17)10(14)5-8(6-16)11(15)13-4-2;1-3-12-8(6-16)9(13)4-7(5-15)10(14)11-2;1-8(4-14,7(10)13)3-6(12)9(2,11)5-15;1-10-7(5-15)8(12)3-6(4-14)9(13)11-2;8-5(3-13)6(10)1-4(2-12)7(9)11/h15,18-19H,5-9H2,1-4H3,(H,14,17);14,17-18H,5-8H2,1-4H3,(H,13,16);13,16-17H,5-7H2,1-4H3,(H,12,15);8-9,12,16-17H,3-7H2,1-2H3,(H,13,15);7-8,12,15-16H,3-6H2,1-2H3,(H,11,14);14-15H,3-5,11H2,1-2H3,(H2,10,13);6-7,10,14-15H,3-5H2,1-2H3,(H,11,13);4-5,12-13H,1-3,8H2,(H2,9,11)/t12-,13-;11-,12-;10-,11-;8-,9-;7-,8-;8-,9-;6-,7-;4-,5-/m00011011/s1. The van der Waals surface area contributed by atoms with Crippen LogP contribution in [0.1, 0.15) is 148 Å². The maximum absolute atomic E-state index is 12.4. The van der Waals surface area contributed by atoms with E-state index in [0.29, 0.717) is 108 Å². The summed E-state index contributed by atoms with van der Waals surface area (Å²) in [4.78, 5) is 187. The minimum absolute atomic E-state index is 0.000602. The number of Topliss-reactive ketones (excluding diaryl/α,β-unsaturated/α-hetero) is 8. The third-order valence-electron chi connectivity index (χ3n) is 20.7. The van der Waals surface area contributed by atoms with Gasteiger partial charge in [0.25, 0.3) is 0 Å². The van der Waals surface area contributed by atoms with Gasteiger partial charge in [-0.15, -0.1) is 0 Å². The Morgan fingerprint density at radius 2 is 0.608 bits per heavy atom. The van der Waals surface area contributed by atoms with Gasteiger partial charge >= 0.3 is 0 Å². The summed E-state index contributed by atoms with van der Waals surface area (Å²) in [5, 5.41) is 33.8. The largest absolute Gasteiger partial charge is 0.369 e. The minimum Gasteiger partial charge on any atom is -0.369 e. The smallest absolute Gasteiger partial charge is 0.227 e. The van der Waals surface area contributed by atoms with Crippen molar-refractivity contribution in [2.45, 2.75) is 195 Å². The number of nitrogens with two attached hydrogens (primary N) is 4. The van der Waals surface area contributed by atoms with Gasteiger partial charge < -0.3 is 86.7 Å². The predicted octanol–water partition coefficient (Wildman–Crippen LogP) is 2.46. The van der Waals surface area contributed by atoms with Gasteiger partial charge in [-0.2, -0.15) is 202 Å². The van der Waals surface area contributed by atoms with E-state index >= 15 is 0 Å². The first-order valence-corrected chi connectivity index (χ1v) is 52.4. The van der Waals surface area contributed by atoms with Gasteiger partial charge in [-0.3, -0.25) is 76.7 Å². The Morgan fingerprint density at radius 1 is 0.308 bits per heavy atom. The average molecular weight is 2140 g/mol. The molecule has 0 aromatic heterocycles. The number of primary amides is 2. The lowest BCUT2D eigenvalue weighted by atomic mass is 9.81. The molecule has 0 aromatic rings. The second-order valence-corrected chi connectivity index (χ2v) is 37.6. The van der Waals surface area contributed by atoms with Gasteiger partial charge in [-0.1, -0.05) is 27.7 Å². The molecule has 48 heteroatoms. The number of amides is 8. The van der Waals surface area contributed by atoms with E-state index in [0.717, 1.165) is 0 Å². The van der Waals surface area contributed by atoms with Crippen LogP contribution in [0, 0.1) is 45.3 Å². The molecule has 0 fully saturated rings. The van der Waals surface area contributed by atoms with Crippen LogP contribution in [0.3, 0.4) is 0 Å². The molecular weight excluding hydrogens is 1980 g/mol. The first-order chi connectivity index (χ1) is 60.4. The Balaban J connectivity index is -0.000000219. The van der Waals surface area contributed by atoms with Crippen LogP contribution in [0.15, 0.2) is 0 Å². The van der Waals surface area contributed by atoms with Crippen LogP contribution >= 0.6 is 202 Å². The number of thiol groups is 16. The molecule has 0 spiro atoms. The Labute approximate surface area is 864 Å². The van der Waals surface area contributed by atoms with Gasteiger partial charge in [0, 0.05) is 185 Å². The minimum atomic E-state index is -1.03. The van der Waals surface area contributed by atoms with Gasteiger partial charge in [0.2, 0.25) is 47.3 Å². The Morgan fingerprint density at radius 3 is 0.838 bits per heavy atom. The van der Waals surface area contributed by atoms with Crippen LogP contribution in [0.2, 0.25) is 0 Å². The van der Waals surface area contributed by atoms with Crippen molar-refractivity contribution in [2.24, 2.45) is 68.3 Å². The van der Waals surface area contributed by atoms with Crippen molar-refractivity contribution >= 4 is 296 Å². The number of nitrogens with one attached hydrogen (secondary N) is 12. The maximum atomic E-state index is 12.4. The van der Waals surface area contributed by atoms with Crippen molar-refractivity contribution in [3.05, 3.63) is 0 Å². The fraction of sp³-hybridized carbons (Fsp3) is 0.805. The third kappa shape index (κ3) is 56.6.